The number of ether oxygens (including phenoxy) is 1. The number of nitrogens with one attached hydrogen (secondary N) is 2. The maximum atomic E-state index is 5.36. The number of nitrogens with zero attached hydrogens (tertiary/aromatic N) is 1. The van der Waals surface area contributed by atoms with Crippen molar-refractivity contribution in [1.29, 1.82) is 0 Å². The second kappa shape index (κ2) is 6.37. The Morgan fingerprint density at radius 3 is 3.05 bits per heavy atom. The van der Waals surface area contributed by atoms with E-state index in [1.54, 1.807) is 0 Å². The number of hydrogen-bond acceptors (Lipinski definition) is 4. The van der Waals surface area contributed by atoms with Gasteiger partial charge in [0.1, 0.15) is 0 Å². The first-order valence-corrected chi connectivity index (χ1v) is 7.29. The van der Waals surface area contributed by atoms with Crippen molar-refractivity contribution in [1.82, 2.24) is 10.2 Å². The normalized spacial score (nSPS) is 19.2. The van der Waals surface area contributed by atoms with Crippen molar-refractivity contribution in [2.45, 2.75) is 13.0 Å². The quantitative estimate of drug-likeness (QED) is 0.778. The summed E-state index contributed by atoms with van der Waals surface area (Å²) in [6.45, 7) is 8.12. The van der Waals surface area contributed by atoms with Crippen LogP contribution >= 0.6 is 0 Å². The zero-order valence-corrected chi connectivity index (χ0v) is 11.5. The molecule has 0 aliphatic carbocycles. The molecule has 0 spiro atoms. The van der Waals surface area contributed by atoms with Crippen LogP contribution in [0.5, 0.6) is 0 Å². The van der Waals surface area contributed by atoms with Crippen LogP contribution in [0, 0.1) is 0 Å². The van der Waals surface area contributed by atoms with Crippen LogP contribution < -0.4 is 10.6 Å². The molecule has 1 fully saturated rings. The third-order valence-corrected chi connectivity index (χ3v) is 3.96. The second-order valence-electron chi connectivity index (χ2n) is 5.26. The number of morpholine rings is 1. The van der Waals surface area contributed by atoms with Crippen molar-refractivity contribution >= 4 is 5.69 Å². The van der Waals surface area contributed by atoms with Gasteiger partial charge in [-0.25, -0.2) is 0 Å². The molecule has 4 heteroatoms. The van der Waals surface area contributed by atoms with Crippen LogP contribution in [-0.2, 0) is 17.7 Å². The lowest BCUT2D eigenvalue weighted by molar-refractivity contribution is 0.0384. The Bertz CT molecular complexity index is 416. The summed E-state index contributed by atoms with van der Waals surface area (Å²) >= 11 is 0. The molecular weight excluding hydrogens is 238 g/mol. The Morgan fingerprint density at radius 1 is 1.26 bits per heavy atom. The minimum atomic E-state index is 0.885. The fourth-order valence-electron chi connectivity index (χ4n) is 2.84. The number of fused-ring (bicyclic) bond motifs is 1. The largest absolute Gasteiger partial charge is 0.384 e. The number of anilines is 1. The predicted octanol–water partition coefficient (Wildman–Crippen LogP) is 1.08. The van der Waals surface area contributed by atoms with E-state index in [-0.39, 0.29) is 0 Å². The van der Waals surface area contributed by atoms with Gasteiger partial charge in [-0.2, -0.15) is 0 Å². The van der Waals surface area contributed by atoms with Gasteiger partial charge in [-0.3, -0.25) is 4.90 Å². The van der Waals surface area contributed by atoms with Crippen LogP contribution in [0.3, 0.4) is 0 Å². The van der Waals surface area contributed by atoms with E-state index < -0.39 is 0 Å². The molecule has 0 amide bonds. The zero-order valence-electron chi connectivity index (χ0n) is 11.5. The number of para-hydroxylation sites is 1. The molecule has 2 aliphatic rings. The van der Waals surface area contributed by atoms with Gasteiger partial charge in [-0.1, -0.05) is 18.2 Å². The fraction of sp³-hybridized carbons (Fsp3) is 0.600. The molecule has 2 aliphatic heterocycles. The predicted molar refractivity (Wildman–Crippen MR) is 77.6 cm³/mol. The molecule has 104 valence electrons. The van der Waals surface area contributed by atoms with E-state index in [0.29, 0.717) is 0 Å². The summed E-state index contributed by atoms with van der Waals surface area (Å²) in [5.41, 5.74) is 4.23. The standard InChI is InChI=1S/C15H23N3O/c1-2-13-4-5-17-15(13)14(3-1)12-16-6-7-18-8-10-19-11-9-18/h1-3,16-17H,4-12H2. The van der Waals surface area contributed by atoms with Crippen LogP contribution in [-0.4, -0.2) is 50.8 Å². The van der Waals surface area contributed by atoms with Gasteiger partial charge in [0, 0.05) is 45.0 Å². The Kier molecular flexibility index (Phi) is 4.33. The van der Waals surface area contributed by atoms with E-state index in [0.717, 1.165) is 58.9 Å². The van der Waals surface area contributed by atoms with Crippen molar-refractivity contribution in [3.63, 3.8) is 0 Å². The van der Waals surface area contributed by atoms with E-state index in [4.69, 9.17) is 4.74 Å². The van der Waals surface area contributed by atoms with Crippen LogP contribution in [0.4, 0.5) is 5.69 Å². The average molecular weight is 261 g/mol. The van der Waals surface area contributed by atoms with Crippen LogP contribution in [0.15, 0.2) is 18.2 Å². The number of hydrogen-bond donors (Lipinski definition) is 2. The molecule has 0 aromatic heterocycles. The van der Waals surface area contributed by atoms with Gasteiger partial charge in [0.05, 0.1) is 13.2 Å². The van der Waals surface area contributed by atoms with Gasteiger partial charge in [0.2, 0.25) is 0 Å². The lowest BCUT2D eigenvalue weighted by Gasteiger charge is -2.26. The van der Waals surface area contributed by atoms with Crippen molar-refractivity contribution in [3.05, 3.63) is 29.3 Å². The SMILES string of the molecule is c1cc2c(c(CNCCN3CCOCC3)c1)NCC2. The van der Waals surface area contributed by atoms with E-state index in [1.807, 2.05) is 0 Å². The maximum Gasteiger partial charge on any atom is 0.0594 e. The highest BCUT2D eigenvalue weighted by atomic mass is 16.5. The lowest BCUT2D eigenvalue weighted by atomic mass is 10.1. The molecule has 0 saturated carbocycles. The smallest absolute Gasteiger partial charge is 0.0594 e. The van der Waals surface area contributed by atoms with Crippen molar-refractivity contribution in [2.75, 3.05) is 51.3 Å². The Morgan fingerprint density at radius 2 is 2.16 bits per heavy atom. The highest BCUT2D eigenvalue weighted by Crippen LogP contribution is 2.25. The van der Waals surface area contributed by atoms with Crippen molar-refractivity contribution in [2.24, 2.45) is 0 Å². The van der Waals surface area contributed by atoms with E-state index >= 15 is 0 Å². The van der Waals surface area contributed by atoms with E-state index in [2.05, 4.69) is 33.7 Å². The summed E-state index contributed by atoms with van der Waals surface area (Å²) in [6, 6.07) is 6.62. The molecule has 0 unspecified atom stereocenters. The molecule has 2 heterocycles. The summed E-state index contributed by atoms with van der Waals surface area (Å²) < 4.78 is 5.36. The first-order valence-electron chi connectivity index (χ1n) is 7.29. The Labute approximate surface area is 115 Å². The summed E-state index contributed by atoms with van der Waals surface area (Å²) in [5, 5.41) is 7.05. The molecule has 2 N–H and O–H groups in total. The number of benzene rings is 1. The number of rotatable bonds is 5. The molecule has 3 rings (SSSR count). The molecule has 0 atom stereocenters. The van der Waals surface area contributed by atoms with Crippen LogP contribution in [0.2, 0.25) is 0 Å². The Hall–Kier alpha value is -1.10. The fourth-order valence-corrected chi connectivity index (χ4v) is 2.84. The highest BCUT2D eigenvalue weighted by molar-refractivity contribution is 5.61. The average Bonchev–Trinajstić information content (AvgIpc) is 2.94. The molecule has 1 saturated heterocycles. The van der Waals surface area contributed by atoms with Gasteiger partial charge >= 0.3 is 0 Å². The molecule has 0 bridgehead atoms. The van der Waals surface area contributed by atoms with E-state index in [9.17, 15) is 0 Å². The monoisotopic (exact) mass is 261 g/mol. The lowest BCUT2D eigenvalue weighted by Crippen LogP contribution is -2.40. The van der Waals surface area contributed by atoms with Gasteiger partial charge in [0.25, 0.3) is 0 Å². The third-order valence-electron chi connectivity index (χ3n) is 3.96. The zero-order chi connectivity index (χ0) is 12.9. The molecule has 0 radical (unpaired) electrons. The molecule has 1 aromatic carbocycles. The summed E-state index contributed by atoms with van der Waals surface area (Å²) in [4.78, 5) is 2.46. The van der Waals surface area contributed by atoms with Gasteiger partial charge in [0.15, 0.2) is 0 Å². The summed E-state index contributed by atoms with van der Waals surface area (Å²) in [7, 11) is 0. The second-order valence-corrected chi connectivity index (χ2v) is 5.26. The Balaban J connectivity index is 1.44. The molecular formula is C15H23N3O. The summed E-state index contributed by atoms with van der Waals surface area (Å²) in [5.74, 6) is 0. The molecule has 1 aromatic rings. The van der Waals surface area contributed by atoms with Gasteiger partial charge < -0.3 is 15.4 Å². The van der Waals surface area contributed by atoms with Gasteiger partial charge in [-0.15, -0.1) is 0 Å². The van der Waals surface area contributed by atoms with Crippen molar-refractivity contribution < 1.29 is 4.74 Å². The molecule has 19 heavy (non-hydrogen) atoms. The molecule has 4 nitrogen and oxygen atoms in total. The third kappa shape index (κ3) is 3.26. The van der Waals surface area contributed by atoms with Crippen LogP contribution in [0.1, 0.15) is 11.1 Å². The topological polar surface area (TPSA) is 36.5 Å². The highest BCUT2D eigenvalue weighted by Gasteiger charge is 2.13. The van der Waals surface area contributed by atoms with Crippen LogP contribution in [0.25, 0.3) is 0 Å². The first kappa shape index (κ1) is 12.9. The maximum absolute atomic E-state index is 5.36. The van der Waals surface area contributed by atoms with E-state index in [1.165, 1.54) is 16.8 Å². The van der Waals surface area contributed by atoms with Crippen molar-refractivity contribution in [3.8, 4) is 0 Å². The van der Waals surface area contributed by atoms with Gasteiger partial charge in [-0.05, 0) is 17.5 Å². The minimum Gasteiger partial charge on any atom is -0.384 e. The first-order chi connectivity index (χ1) is 9.43. The minimum absolute atomic E-state index is 0.885. The summed E-state index contributed by atoms with van der Waals surface area (Å²) in [6.07, 6.45) is 1.16.